The average Bonchev–Trinajstić information content (AvgIpc) is 2.91. The standard InChI is InChI=1S/C39H68O4/c1-9-10-11-12-29(41)19-27-14-16-28(17-15-27)30-18-13-23(2)33-31(30)21-37(6)22-38(7)20-24(3)32(26(5)40)36(43)39(38,8)25(4)34(37)35(33)42/h23-28,30-36,40,42-43H,9-22H2,1-8H3/t23?,24?,25?,26?,27?,28?,30?,31?,32?,33?,34?,35?,36?,37-,38+,39+/m0/s1. The topological polar surface area (TPSA) is 77.8 Å². The summed E-state index contributed by atoms with van der Waals surface area (Å²) in [7, 11) is 0. The molecule has 5 saturated carbocycles. The van der Waals surface area contributed by atoms with Crippen molar-refractivity contribution in [2.24, 2.45) is 75.4 Å². The van der Waals surface area contributed by atoms with Crippen LogP contribution in [0.5, 0.6) is 0 Å². The first-order valence-electron chi connectivity index (χ1n) is 18.7. The molecule has 3 N–H and O–H groups in total. The molecule has 0 aliphatic heterocycles. The molecule has 11 unspecified atom stereocenters. The Kier molecular flexibility index (Phi) is 9.96. The smallest absolute Gasteiger partial charge is 0.133 e. The number of ketones is 1. The lowest BCUT2D eigenvalue weighted by atomic mass is 9.34. The van der Waals surface area contributed by atoms with E-state index in [2.05, 4.69) is 48.5 Å². The van der Waals surface area contributed by atoms with Crippen molar-refractivity contribution >= 4 is 5.78 Å². The van der Waals surface area contributed by atoms with Crippen LogP contribution in [0.4, 0.5) is 0 Å². The lowest BCUT2D eigenvalue weighted by molar-refractivity contribution is -0.280. The van der Waals surface area contributed by atoms with Gasteiger partial charge in [-0.15, -0.1) is 0 Å². The second-order valence-corrected chi connectivity index (χ2v) is 18.1. The van der Waals surface area contributed by atoms with E-state index in [1.807, 2.05) is 6.92 Å². The second kappa shape index (κ2) is 12.6. The van der Waals surface area contributed by atoms with Crippen LogP contribution in [0.15, 0.2) is 0 Å². The molecule has 0 heterocycles. The van der Waals surface area contributed by atoms with E-state index in [4.69, 9.17) is 0 Å². The Labute approximate surface area is 264 Å². The fourth-order valence-corrected chi connectivity index (χ4v) is 13.5. The molecule has 0 bridgehead atoms. The summed E-state index contributed by atoms with van der Waals surface area (Å²) in [5.41, 5.74) is -0.294. The van der Waals surface area contributed by atoms with Crippen LogP contribution in [0.3, 0.4) is 0 Å². The van der Waals surface area contributed by atoms with Gasteiger partial charge in [-0.05, 0) is 129 Å². The van der Waals surface area contributed by atoms with Gasteiger partial charge >= 0.3 is 0 Å². The molecule has 0 aromatic heterocycles. The van der Waals surface area contributed by atoms with Gasteiger partial charge in [0.1, 0.15) is 5.78 Å². The van der Waals surface area contributed by atoms with Crippen LogP contribution in [-0.2, 0) is 4.79 Å². The van der Waals surface area contributed by atoms with E-state index in [1.165, 1.54) is 57.8 Å². The third-order valence-corrected chi connectivity index (χ3v) is 15.5. The van der Waals surface area contributed by atoms with Gasteiger partial charge in [0.15, 0.2) is 0 Å². The predicted octanol–water partition coefficient (Wildman–Crippen LogP) is 8.45. The van der Waals surface area contributed by atoms with Gasteiger partial charge < -0.3 is 15.3 Å². The van der Waals surface area contributed by atoms with E-state index in [1.54, 1.807) is 0 Å². The second-order valence-electron chi connectivity index (χ2n) is 18.1. The summed E-state index contributed by atoms with van der Waals surface area (Å²) in [6.07, 6.45) is 14.4. The molecule has 14 atom stereocenters. The average molecular weight is 601 g/mol. The number of Topliss-reactive ketones (excluding diaryl/α,β-unsaturated/α-hetero) is 1. The van der Waals surface area contributed by atoms with E-state index in [9.17, 15) is 20.1 Å². The minimum Gasteiger partial charge on any atom is -0.393 e. The Morgan fingerprint density at radius 1 is 0.884 bits per heavy atom. The molecule has 5 fully saturated rings. The maximum Gasteiger partial charge on any atom is 0.133 e. The van der Waals surface area contributed by atoms with Gasteiger partial charge in [0.25, 0.3) is 0 Å². The number of hydrogen-bond donors (Lipinski definition) is 3. The van der Waals surface area contributed by atoms with Gasteiger partial charge in [-0.3, -0.25) is 4.79 Å². The van der Waals surface area contributed by atoms with Gasteiger partial charge in [0.05, 0.1) is 18.3 Å². The molecular weight excluding hydrogens is 532 g/mol. The summed E-state index contributed by atoms with van der Waals surface area (Å²) < 4.78 is 0. The molecular formula is C39H68O4. The van der Waals surface area contributed by atoms with Crippen molar-refractivity contribution in [1.82, 2.24) is 0 Å². The zero-order valence-electron chi connectivity index (χ0n) is 29.2. The van der Waals surface area contributed by atoms with Crippen molar-refractivity contribution in [2.75, 3.05) is 0 Å². The number of fused-ring (bicyclic) bond motifs is 3. The molecule has 4 heteroatoms. The Morgan fingerprint density at radius 2 is 1.56 bits per heavy atom. The minimum atomic E-state index is -0.559. The lowest BCUT2D eigenvalue weighted by Gasteiger charge is -2.72. The molecule has 5 rings (SSSR count). The number of carbonyl (C=O) groups excluding carboxylic acids is 1. The van der Waals surface area contributed by atoms with Crippen LogP contribution in [0.25, 0.3) is 0 Å². The highest BCUT2D eigenvalue weighted by atomic mass is 16.3. The van der Waals surface area contributed by atoms with E-state index < -0.39 is 12.2 Å². The largest absolute Gasteiger partial charge is 0.393 e. The van der Waals surface area contributed by atoms with Gasteiger partial charge in [0, 0.05) is 24.2 Å². The van der Waals surface area contributed by atoms with Crippen molar-refractivity contribution in [3.63, 3.8) is 0 Å². The predicted molar refractivity (Wildman–Crippen MR) is 175 cm³/mol. The minimum absolute atomic E-state index is 0.0219. The van der Waals surface area contributed by atoms with Gasteiger partial charge in [-0.25, -0.2) is 0 Å². The fourth-order valence-electron chi connectivity index (χ4n) is 13.5. The summed E-state index contributed by atoms with van der Waals surface area (Å²) in [5, 5.41) is 35.3. The number of unbranched alkanes of at least 4 members (excludes halogenated alkanes) is 2. The molecule has 0 saturated heterocycles. The first-order valence-corrected chi connectivity index (χ1v) is 18.7. The summed E-state index contributed by atoms with van der Waals surface area (Å²) >= 11 is 0. The maximum absolute atomic E-state index is 12.6. The van der Waals surface area contributed by atoms with E-state index in [0.717, 1.165) is 38.0 Å². The van der Waals surface area contributed by atoms with Crippen molar-refractivity contribution in [2.45, 2.75) is 164 Å². The molecule has 0 spiro atoms. The van der Waals surface area contributed by atoms with Gasteiger partial charge in [-0.1, -0.05) is 67.7 Å². The quantitative estimate of drug-likeness (QED) is 0.244. The fraction of sp³-hybridized carbons (Fsp3) is 0.974. The van der Waals surface area contributed by atoms with Crippen molar-refractivity contribution in [3.8, 4) is 0 Å². The monoisotopic (exact) mass is 601 g/mol. The molecule has 0 aromatic carbocycles. The van der Waals surface area contributed by atoms with Crippen LogP contribution >= 0.6 is 0 Å². The zero-order chi connectivity index (χ0) is 31.5. The van der Waals surface area contributed by atoms with Gasteiger partial charge in [0.2, 0.25) is 0 Å². The highest BCUT2D eigenvalue weighted by Gasteiger charge is 2.70. The van der Waals surface area contributed by atoms with E-state index >= 15 is 0 Å². The SMILES string of the molecule is CCCCCC(=O)CC1CCC(C2CCC(C)C3C(O)C4C(C)[C@]5(C)C(O)C(C(C)O)C(C)C[C@]5(C)C[C@]4(C)CC23)CC1. The number of hydrogen-bond acceptors (Lipinski definition) is 4. The molecule has 248 valence electrons. The van der Waals surface area contributed by atoms with E-state index in [-0.39, 0.29) is 46.0 Å². The molecule has 4 nitrogen and oxygen atoms in total. The molecule has 5 aliphatic carbocycles. The third-order valence-electron chi connectivity index (χ3n) is 15.5. The first-order chi connectivity index (χ1) is 20.2. The Balaban J connectivity index is 1.34. The van der Waals surface area contributed by atoms with Crippen LogP contribution in [0, 0.1) is 75.4 Å². The number of aliphatic hydroxyl groups excluding tert-OH is 3. The van der Waals surface area contributed by atoms with Crippen LogP contribution in [0.2, 0.25) is 0 Å². The normalized spacial score (nSPS) is 52.4. The number of rotatable bonds is 8. The molecule has 0 radical (unpaired) electrons. The van der Waals surface area contributed by atoms with Crippen molar-refractivity contribution < 1.29 is 20.1 Å². The van der Waals surface area contributed by atoms with Crippen molar-refractivity contribution in [1.29, 1.82) is 0 Å². The Bertz CT molecular complexity index is 970. The third kappa shape index (κ3) is 5.72. The summed E-state index contributed by atoms with van der Waals surface area (Å²) in [6.45, 7) is 18.3. The molecule has 0 aromatic rings. The maximum atomic E-state index is 12.6. The molecule has 43 heavy (non-hydrogen) atoms. The molecule has 5 aliphatic rings. The lowest BCUT2D eigenvalue weighted by Crippen LogP contribution is -2.70. The van der Waals surface area contributed by atoms with Crippen LogP contribution < -0.4 is 0 Å². The number of carbonyl (C=O) groups is 1. The summed E-state index contributed by atoms with van der Waals surface area (Å²) in [4.78, 5) is 12.6. The highest BCUT2D eigenvalue weighted by molar-refractivity contribution is 5.78. The Hall–Kier alpha value is -0.450. The van der Waals surface area contributed by atoms with Crippen LogP contribution in [0.1, 0.15) is 145 Å². The summed E-state index contributed by atoms with van der Waals surface area (Å²) in [6, 6.07) is 0. The zero-order valence-corrected chi connectivity index (χ0v) is 29.2. The van der Waals surface area contributed by atoms with Crippen LogP contribution in [-0.4, -0.2) is 39.4 Å². The van der Waals surface area contributed by atoms with Crippen molar-refractivity contribution in [3.05, 3.63) is 0 Å². The molecule has 0 amide bonds. The number of aliphatic hydroxyl groups is 3. The first kappa shape index (κ1) is 33.9. The summed E-state index contributed by atoms with van der Waals surface area (Å²) in [5.74, 6) is 4.51. The Morgan fingerprint density at radius 3 is 2.19 bits per heavy atom. The highest BCUT2D eigenvalue weighted by Crippen LogP contribution is 2.73. The van der Waals surface area contributed by atoms with E-state index in [0.29, 0.717) is 35.4 Å². The van der Waals surface area contributed by atoms with Gasteiger partial charge in [-0.2, -0.15) is 0 Å².